The normalized spacial score (nSPS) is 16.5. The molecule has 4 amide bonds. The highest BCUT2D eigenvalue weighted by molar-refractivity contribution is 7.16. The Morgan fingerprint density at radius 3 is 0.798 bits per heavy atom. The Balaban J connectivity index is 0.000000202. The molecule has 0 spiro atoms. The smallest absolute Gasteiger partial charge is 0.273 e. The van der Waals surface area contributed by atoms with Crippen LogP contribution in [-0.4, -0.2) is 84.1 Å². The molecule has 2 saturated carbocycles. The molecule has 0 unspecified atom stereocenters. The monoisotopic (exact) mass is 1220 g/mol. The molecule has 10 rings (SSSR count). The maximum Gasteiger partial charge on any atom is 0.273 e. The summed E-state index contributed by atoms with van der Waals surface area (Å²) in [5, 5.41) is 93.7. The van der Waals surface area contributed by atoms with E-state index in [0.29, 0.717) is 42.8 Å². The number of carbonyl (C=O) groups is 4. The van der Waals surface area contributed by atoms with Crippen LogP contribution >= 0.6 is 45.3 Å². The van der Waals surface area contributed by atoms with Gasteiger partial charge in [-0.1, -0.05) is 131 Å². The summed E-state index contributed by atoms with van der Waals surface area (Å²) in [7, 11) is 0. The summed E-state index contributed by atoms with van der Waals surface area (Å²) >= 11 is 5.11. The van der Waals surface area contributed by atoms with Crippen LogP contribution in [0.1, 0.15) is 117 Å². The van der Waals surface area contributed by atoms with Crippen molar-refractivity contribution in [2.24, 2.45) is 0 Å². The third kappa shape index (κ3) is 15.6. The number of para-hydroxylation sites is 4. The van der Waals surface area contributed by atoms with Gasteiger partial charge in [-0.25, -0.2) is 0 Å². The fourth-order valence-electron chi connectivity index (χ4n) is 9.78. The van der Waals surface area contributed by atoms with Gasteiger partial charge in [0.05, 0.1) is 45.4 Å². The maximum atomic E-state index is 12.5. The van der Waals surface area contributed by atoms with Gasteiger partial charge in [0.2, 0.25) is 44.2 Å². The van der Waals surface area contributed by atoms with Crippen LogP contribution < -0.4 is 21.3 Å². The lowest BCUT2D eigenvalue weighted by atomic mass is 9.82. The van der Waals surface area contributed by atoms with Gasteiger partial charge in [-0.2, -0.15) is 0 Å². The number of benzene rings is 4. The number of nitrogens with one attached hydrogen (secondary N) is 4. The second kappa shape index (κ2) is 27.6. The Morgan fingerprint density at radius 1 is 0.369 bits per heavy atom. The number of rotatable bonds is 20. The van der Waals surface area contributed by atoms with Crippen LogP contribution in [0.4, 0.5) is 43.3 Å². The molecule has 2 fully saturated rings. The van der Waals surface area contributed by atoms with Crippen LogP contribution in [0.15, 0.2) is 97.1 Å². The highest BCUT2D eigenvalue weighted by atomic mass is 32.1. The van der Waals surface area contributed by atoms with Crippen LogP contribution in [0.5, 0.6) is 0 Å². The number of amides is 4. The van der Waals surface area contributed by atoms with Crippen molar-refractivity contribution in [2.45, 2.75) is 101 Å². The molecular formula is C52H48N16O12S4. The van der Waals surface area contributed by atoms with E-state index in [9.17, 15) is 59.6 Å². The Kier molecular flexibility index (Phi) is 19.4. The first-order chi connectivity index (χ1) is 40.5. The summed E-state index contributed by atoms with van der Waals surface area (Å²) in [6.45, 7) is 0. The molecule has 0 saturated heterocycles. The van der Waals surface area contributed by atoms with Gasteiger partial charge in [0.15, 0.2) is 0 Å². The average molecular weight is 1220 g/mol. The van der Waals surface area contributed by atoms with E-state index in [1.165, 1.54) is 69.6 Å². The zero-order valence-corrected chi connectivity index (χ0v) is 47.2. The summed E-state index contributed by atoms with van der Waals surface area (Å²) in [4.78, 5) is 93.0. The molecular weight excluding hydrogens is 1170 g/mol. The molecule has 84 heavy (non-hydrogen) atoms. The molecule has 0 radical (unpaired) electrons. The number of hydrogen-bond donors (Lipinski definition) is 4. The largest absolute Gasteiger partial charge is 0.300 e. The SMILES string of the molecule is O=C(Cc1ccccc1[N+](=O)[O-])Nc1nnc([C@@H]2CCC[C@@H](c3nnc(NC(=O)Cc4ccccc4[N+](=O)[O-])s3)C2)s1.O=C(Cc1ccccc1[N+](=O)[O-])Nc1nnc([C@H]2CCC[C@H](c3nnc(NC(=O)Cc4ccccc4[N+](=O)[O-])s3)C2)s1. The van der Waals surface area contributed by atoms with E-state index in [2.05, 4.69) is 62.1 Å². The lowest BCUT2D eigenvalue weighted by Crippen LogP contribution is -2.15. The predicted molar refractivity (Wildman–Crippen MR) is 309 cm³/mol. The molecule has 4 atom stereocenters. The van der Waals surface area contributed by atoms with Crippen LogP contribution in [0.2, 0.25) is 0 Å². The van der Waals surface area contributed by atoms with E-state index in [4.69, 9.17) is 0 Å². The minimum absolute atomic E-state index is 0.0997. The third-order valence-electron chi connectivity index (χ3n) is 13.7. The van der Waals surface area contributed by atoms with Crippen molar-refractivity contribution in [1.82, 2.24) is 40.8 Å². The standard InChI is InChI=1S/2C26H24N8O6S2/c2*35-21(13-15-6-1-3-10-19(15)33(37)38)27-25-31-29-23(41-25)17-8-5-9-18(12-17)24-30-32-26(42-24)28-22(36)14-16-7-2-4-11-20(16)34(39)40/h2*1-4,6-7,10-11,17-18H,5,8-9,12-14H2,(H,27,31,35)(H,28,32,36)/t2*17-,18-/m10/s1. The minimum atomic E-state index is -0.515. The molecule has 0 aliphatic heterocycles. The lowest BCUT2D eigenvalue weighted by Gasteiger charge is -2.25. The zero-order valence-electron chi connectivity index (χ0n) is 43.9. The van der Waals surface area contributed by atoms with Crippen LogP contribution in [-0.2, 0) is 44.9 Å². The first-order valence-electron chi connectivity index (χ1n) is 26.0. The third-order valence-corrected chi connectivity index (χ3v) is 17.7. The first-order valence-corrected chi connectivity index (χ1v) is 29.2. The zero-order chi connectivity index (χ0) is 59.3. The number of nitro groups is 4. The van der Waals surface area contributed by atoms with E-state index in [1.54, 1.807) is 72.8 Å². The molecule has 0 bridgehead atoms. The topological polar surface area (TPSA) is 392 Å². The van der Waals surface area contributed by atoms with Crippen molar-refractivity contribution in [2.75, 3.05) is 21.3 Å². The van der Waals surface area contributed by atoms with E-state index in [-0.39, 0.29) is 72.1 Å². The molecule has 2 aliphatic carbocycles. The van der Waals surface area contributed by atoms with Crippen molar-refractivity contribution >= 4 is 112 Å². The summed E-state index contributed by atoms with van der Waals surface area (Å²) < 4.78 is 0. The molecule has 8 aromatic rings. The molecule has 4 heterocycles. The second-order valence-corrected chi connectivity index (χ2v) is 23.4. The summed E-state index contributed by atoms with van der Waals surface area (Å²) in [5.41, 5.74) is 0.805. The van der Waals surface area contributed by atoms with E-state index in [1.807, 2.05) is 0 Å². The van der Waals surface area contributed by atoms with Gasteiger partial charge in [0.1, 0.15) is 20.0 Å². The van der Waals surface area contributed by atoms with Crippen molar-refractivity contribution in [3.63, 3.8) is 0 Å². The number of carbonyl (C=O) groups excluding carboxylic acids is 4. The lowest BCUT2D eigenvalue weighted by molar-refractivity contribution is -0.385. The first kappa shape index (κ1) is 59.2. The van der Waals surface area contributed by atoms with Crippen LogP contribution in [0, 0.1) is 40.5 Å². The van der Waals surface area contributed by atoms with Gasteiger partial charge in [0, 0.05) is 70.2 Å². The molecule has 32 heteroatoms. The Bertz CT molecular complexity index is 3280. The van der Waals surface area contributed by atoms with Gasteiger partial charge in [-0.3, -0.25) is 59.6 Å². The van der Waals surface area contributed by atoms with Crippen LogP contribution in [0.3, 0.4) is 0 Å². The highest BCUT2D eigenvalue weighted by Crippen LogP contribution is 2.45. The number of aromatic nitrogens is 8. The van der Waals surface area contributed by atoms with Gasteiger partial charge >= 0.3 is 0 Å². The maximum absolute atomic E-state index is 12.5. The number of anilines is 4. The van der Waals surface area contributed by atoms with Gasteiger partial charge in [-0.15, -0.1) is 40.8 Å². The Morgan fingerprint density at radius 2 is 0.583 bits per heavy atom. The molecule has 28 nitrogen and oxygen atoms in total. The minimum Gasteiger partial charge on any atom is -0.300 e. The Hall–Kier alpha value is -9.40. The van der Waals surface area contributed by atoms with Crippen molar-refractivity contribution in [3.8, 4) is 0 Å². The molecule has 432 valence electrons. The van der Waals surface area contributed by atoms with Crippen molar-refractivity contribution in [3.05, 3.63) is 180 Å². The van der Waals surface area contributed by atoms with E-state index >= 15 is 0 Å². The number of nitro benzene ring substituents is 4. The van der Waals surface area contributed by atoms with Gasteiger partial charge < -0.3 is 21.3 Å². The highest BCUT2D eigenvalue weighted by Gasteiger charge is 2.32. The summed E-state index contributed by atoms with van der Waals surface area (Å²) in [6, 6.07) is 24.4. The molecule has 4 N–H and O–H groups in total. The summed E-state index contributed by atoms with van der Waals surface area (Å²) in [6.07, 6.45) is 6.30. The molecule has 4 aromatic carbocycles. The van der Waals surface area contributed by atoms with Crippen LogP contribution in [0.25, 0.3) is 0 Å². The van der Waals surface area contributed by atoms with E-state index in [0.717, 1.165) is 71.4 Å². The van der Waals surface area contributed by atoms with E-state index < -0.39 is 43.3 Å². The quantitative estimate of drug-likeness (QED) is 0.0407. The fraction of sp³-hybridized carbons (Fsp3) is 0.308. The second-order valence-electron chi connectivity index (χ2n) is 19.3. The summed E-state index contributed by atoms with van der Waals surface area (Å²) in [5.74, 6) is -1.27. The number of hydrogen-bond acceptors (Lipinski definition) is 24. The van der Waals surface area contributed by atoms with Crippen molar-refractivity contribution in [1.29, 1.82) is 0 Å². The fourth-order valence-corrected chi connectivity index (χ4v) is 13.4. The van der Waals surface area contributed by atoms with Crippen molar-refractivity contribution < 1.29 is 38.9 Å². The molecule has 2 aliphatic rings. The van der Waals surface area contributed by atoms with Gasteiger partial charge in [0.25, 0.3) is 22.7 Å². The van der Waals surface area contributed by atoms with Gasteiger partial charge in [-0.05, 0) is 38.5 Å². The predicted octanol–water partition coefficient (Wildman–Crippen LogP) is 10.0. The molecule has 4 aromatic heterocycles. The number of nitrogens with zero attached hydrogens (tertiary/aromatic N) is 12. The average Bonchev–Trinajstić information content (AvgIpc) is 4.50. The Labute approximate surface area is 491 Å².